The summed E-state index contributed by atoms with van der Waals surface area (Å²) >= 11 is 0. The topological polar surface area (TPSA) is 114 Å². The molecule has 0 saturated carbocycles. The summed E-state index contributed by atoms with van der Waals surface area (Å²) in [5.41, 5.74) is 0.839. The van der Waals surface area contributed by atoms with Gasteiger partial charge < -0.3 is 25.2 Å². The van der Waals surface area contributed by atoms with Crippen LogP contribution in [0.5, 0.6) is 0 Å². The molecule has 0 aliphatic rings. The number of aliphatic hydroxyl groups is 1. The first-order valence-electron chi connectivity index (χ1n) is 8.87. The SMILES string of the molecule is CC[C@@H](C)[C@@H](NC(=O)C[C@@H](O)CNC(=O)OCc1ccccc1)C(=O)OC. The maximum atomic E-state index is 12.0. The van der Waals surface area contributed by atoms with Gasteiger partial charge in [0, 0.05) is 6.54 Å². The van der Waals surface area contributed by atoms with Gasteiger partial charge >= 0.3 is 12.1 Å². The molecular formula is C19H28N2O6. The van der Waals surface area contributed by atoms with E-state index in [1.165, 1.54) is 7.11 Å². The fraction of sp³-hybridized carbons (Fsp3) is 0.526. The van der Waals surface area contributed by atoms with Gasteiger partial charge in [-0.05, 0) is 11.5 Å². The second-order valence-corrected chi connectivity index (χ2v) is 6.25. The van der Waals surface area contributed by atoms with E-state index in [0.717, 1.165) is 5.56 Å². The number of amides is 2. The molecule has 1 rings (SSSR count). The van der Waals surface area contributed by atoms with E-state index in [1.54, 1.807) is 0 Å². The second kappa shape index (κ2) is 11.9. The van der Waals surface area contributed by atoms with Gasteiger partial charge in [0.2, 0.25) is 5.91 Å². The Hall–Kier alpha value is -2.61. The maximum absolute atomic E-state index is 12.0. The summed E-state index contributed by atoms with van der Waals surface area (Å²) in [7, 11) is 1.25. The molecule has 0 aromatic heterocycles. The Morgan fingerprint density at radius 1 is 1.19 bits per heavy atom. The minimum Gasteiger partial charge on any atom is -0.467 e. The van der Waals surface area contributed by atoms with E-state index in [2.05, 4.69) is 10.6 Å². The Balaban J connectivity index is 2.35. The molecule has 0 heterocycles. The van der Waals surface area contributed by atoms with Crippen LogP contribution in [0, 0.1) is 5.92 Å². The number of carbonyl (C=O) groups is 3. The zero-order chi connectivity index (χ0) is 20.2. The van der Waals surface area contributed by atoms with E-state index < -0.39 is 30.1 Å². The lowest BCUT2D eigenvalue weighted by atomic mass is 9.99. The number of methoxy groups -OCH3 is 1. The van der Waals surface area contributed by atoms with Crippen LogP contribution in [0.2, 0.25) is 0 Å². The van der Waals surface area contributed by atoms with E-state index in [9.17, 15) is 19.5 Å². The van der Waals surface area contributed by atoms with Crippen LogP contribution in [-0.4, -0.2) is 48.9 Å². The van der Waals surface area contributed by atoms with Crippen molar-refractivity contribution in [1.29, 1.82) is 0 Å². The van der Waals surface area contributed by atoms with Gasteiger partial charge in [-0.25, -0.2) is 9.59 Å². The second-order valence-electron chi connectivity index (χ2n) is 6.25. The van der Waals surface area contributed by atoms with Gasteiger partial charge in [-0.3, -0.25) is 4.79 Å². The molecule has 27 heavy (non-hydrogen) atoms. The minimum absolute atomic E-state index is 0.107. The predicted molar refractivity (Wildman–Crippen MR) is 98.7 cm³/mol. The summed E-state index contributed by atoms with van der Waals surface area (Å²) in [5.74, 6) is -1.14. The van der Waals surface area contributed by atoms with Gasteiger partial charge in [-0.1, -0.05) is 50.6 Å². The number of hydrogen-bond donors (Lipinski definition) is 3. The van der Waals surface area contributed by atoms with E-state index in [-0.39, 0.29) is 25.5 Å². The first kappa shape index (κ1) is 22.4. The van der Waals surface area contributed by atoms with Crippen LogP contribution >= 0.6 is 0 Å². The zero-order valence-electron chi connectivity index (χ0n) is 15.9. The van der Waals surface area contributed by atoms with E-state index in [1.807, 2.05) is 44.2 Å². The van der Waals surface area contributed by atoms with Crippen molar-refractivity contribution in [1.82, 2.24) is 10.6 Å². The van der Waals surface area contributed by atoms with Crippen LogP contribution in [0.15, 0.2) is 30.3 Å². The average Bonchev–Trinajstić information content (AvgIpc) is 2.68. The van der Waals surface area contributed by atoms with Crippen LogP contribution in [0.1, 0.15) is 32.3 Å². The molecule has 2 amide bonds. The molecule has 0 fully saturated rings. The van der Waals surface area contributed by atoms with Gasteiger partial charge in [0.05, 0.1) is 19.6 Å². The third-order valence-corrected chi connectivity index (χ3v) is 4.10. The van der Waals surface area contributed by atoms with Crippen molar-refractivity contribution in [3.05, 3.63) is 35.9 Å². The summed E-state index contributed by atoms with van der Waals surface area (Å²) in [6.45, 7) is 3.68. The fourth-order valence-electron chi connectivity index (χ4n) is 2.29. The van der Waals surface area contributed by atoms with Crippen LogP contribution in [0.25, 0.3) is 0 Å². The molecule has 3 atom stereocenters. The molecule has 0 spiro atoms. The van der Waals surface area contributed by atoms with Crippen molar-refractivity contribution in [2.75, 3.05) is 13.7 Å². The first-order chi connectivity index (χ1) is 12.9. The summed E-state index contributed by atoms with van der Waals surface area (Å²) in [4.78, 5) is 35.4. The normalized spacial score (nSPS) is 13.8. The number of benzene rings is 1. The molecule has 1 aromatic carbocycles. The average molecular weight is 380 g/mol. The number of hydrogen-bond acceptors (Lipinski definition) is 6. The summed E-state index contributed by atoms with van der Waals surface area (Å²) < 4.78 is 9.71. The Kier molecular flexibility index (Phi) is 9.89. The summed E-state index contributed by atoms with van der Waals surface area (Å²) in [6.07, 6.45) is -1.38. The lowest BCUT2D eigenvalue weighted by Gasteiger charge is -2.22. The highest BCUT2D eigenvalue weighted by molar-refractivity contribution is 5.84. The maximum Gasteiger partial charge on any atom is 0.407 e. The molecule has 8 heteroatoms. The number of aliphatic hydroxyl groups excluding tert-OH is 1. The molecule has 0 aliphatic carbocycles. The van der Waals surface area contributed by atoms with Crippen molar-refractivity contribution < 1.29 is 29.0 Å². The Morgan fingerprint density at radius 2 is 1.85 bits per heavy atom. The van der Waals surface area contributed by atoms with Crippen LogP contribution in [0.3, 0.4) is 0 Å². The number of nitrogens with one attached hydrogen (secondary N) is 2. The molecule has 1 aromatic rings. The third kappa shape index (κ3) is 8.54. The quantitative estimate of drug-likeness (QED) is 0.528. The highest BCUT2D eigenvalue weighted by atomic mass is 16.5. The molecule has 0 aliphatic heterocycles. The highest BCUT2D eigenvalue weighted by Crippen LogP contribution is 2.09. The Labute approximate surface area is 159 Å². The van der Waals surface area contributed by atoms with Crippen molar-refractivity contribution in [3.8, 4) is 0 Å². The van der Waals surface area contributed by atoms with Gasteiger partial charge in [0.1, 0.15) is 12.6 Å². The molecule has 0 bridgehead atoms. The lowest BCUT2D eigenvalue weighted by Crippen LogP contribution is -2.47. The minimum atomic E-state index is -1.11. The molecule has 0 unspecified atom stereocenters. The Bertz CT molecular complexity index is 607. The predicted octanol–water partition coefficient (Wildman–Crippen LogP) is 1.37. The van der Waals surface area contributed by atoms with Gasteiger partial charge in [0.15, 0.2) is 0 Å². The molecule has 150 valence electrons. The lowest BCUT2D eigenvalue weighted by molar-refractivity contribution is -0.146. The largest absolute Gasteiger partial charge is 0.467 e. The first-order valence-corrected chi connectivity index (χ1v) is 8.87. The zero-order valence-corrected chi connectivity index (χ0v) is 15.9. The van der Waals surface area contributed by atoms with Gasteiger partial charge in [0.25, 0.3) is 0 Å². The highest BCUT2D eigenvalue weighted by Gasteiger charge is 2.27. The molecule has 0 radical (unpaired) electrons. The van der Waals surface area contributed by atoms with Crippen molar-refractivity contribution >= 4 is 18.0 Å². The number of alkyl carbamates (subject to hydrolysis) is 1. The molecular weight excluding hydrogens is 352 g/mol. The van der Waals surface area contributed by atoms with E-state index in [4.69, 9.17) is 9.47 Å². The fourth-order valence-corrected chi connectivity index (χ4v) is 2.29. The number of carbonyl (C=O) groups excluding carboxylic acids is 3. The number of ether oxygens (including phenoxy) is 2. The standard InChI is InChI=1S/C19H28N2O6/c1-4-13(2)17(18(24)26-3)21-16(23)10-15(22)11-20-19(25)27-12-14-8-6-5-7-9-14/h5-9,13,15,17,22H,4,10-12H2,1-3H3,(H,20,25)(H,21,23)/t13-,15-,17-/m1/s1. The van der Waals surface area contributed by atoms with Crippen molar-refractivity contribution in [2.45, 2.75) is 45.4 Å². The van der Waals surface area contributed by atoms with E-state index in [0.29, 0.717) is 6.42 Å². The molecule has 0 saturated heterocycles. The molecule has 8 nitrogen and oxygen atoms in total. The summed E-state index contributed by atoms with van der Waals surface area (Å²) in [5, 5.41) is 14.9. The van der Waals surface area contributed by atoms with Crippen LogP contribution in [-0.2, 0) is 25.7 Å². The van der Waals surface area contributed by atoms with Crippen molar-refractivity contribution in [3.63, 3.8) is 0 Å². The van der Waals surface area contributed by atoms with Crippen LogP contribution in [0.4, 0.5) is 4.79 Å². The summed E-state index contributed by atoms with van der Waals surface area (Å²) in [6, 6.07) is 8.39. The van der Waals surface area contributed by atoms with E-state index >= 15 is 0 Å². The third-order valence-electron chi connectivity index (χ3n) is 4.10. The van der Waals surface area contributed by atoms with Crippen molar-refractivity contribution in [2.24, 2.45) is 5.92 Å². The van der Waals surface area contributed by atoms with Crippen LogP contribution < -0.4 is 10.6 Å². The van der Waals surface area contributed by atoms with Gasteiger partial charge in [-0.2, -0.15) is 0 Å². The molecule has 3 N–H and O–H groups in total. The Morgan fingerprint density at radius 3 is 2.44 bits per heavy atom. The monoisotopic (exact) mass is 380 g/mol. The van der Waals surface area contributed by atoms with Gasteiger partial charge in [-0.15, -0.1) is 0 Å². The number of esters is 1. The smallest absolute Gasteiger partial charge is 0.407 e. The number of rotatable bonds is 10.